The normalized spacial score (nSPS) is 12.4. The summed E-state index contributed by atoms with van der Waals surface area (Å²) in [5, 5.41) is 7.55. The van der Waals surface area contributed by atoms with Crippen LogP contribution in [0.4, 0.5) is 5.69 Å². The van der Waals surface area contributed by atoms with Crippen LogP contribution < -0.4 is 15.2 Å². The zero-order valence-electron chi connectivity index (χ0n) is 16.2. The molecule has 0 unspecified atom stereocenters. The van der Waals surface area contributed by atoms with Crippen molar-refractivity contribution in [3.8, 4) is 5.75 Å². The van der Waals surface area contributed by atoms with Gasteiger partial charge in [-0.05, 0) is 50.3 Å². The van der Waals surface area contributed by atoms with E-state index >= 15 is 0 Å². The lowest BCUT2D eigenvalue weighted by Gasteiger charge is -2.13. The number of rotatable bonds is 7. The van der Waals surface area contributed by atoms with Crippen molar-refractivity contribution in [3.63, 3.8) is 0 Å². The van der Waals surface area contributed by atoms with Crippen molar-refractivity contribution in [2.45, 2.75) is 24.8 Å². The molecule has 2 aromatic rings. The molecule has 0 radical (unpaired) electrons. The summed E-state index contributed by atoms with van der Waals surface area (Å²) >= 11 is 0. The molecule has 2 rings (SSSR count). The first-order valence-corrected chi connectivity index (χ1v) is 10.1. The third-order valence-corrected chi connectivity index (χ3v) is 4.79. The highest BCUT2D eigenvalue weighted by molar-refractivity contribution is 7.89. The Labute approximate surface area is 169 Å². The standard InChI is InChI=1S/C20H22N2O6S/c1-13-7-9-18(27-3)15(11-13)8-10-19(23)28-14(2)20(24)22-16-5-4-6-17(12-16)29(21,25)26/h4-12,14H,1-3H3,(H,22,24)(H2,21,25,26)/b10-8+/t14-/m0/s1. The largest absolute Gasteiger partial charge is 0.496 e. The first kappa shape index (κ1) is 22.1. The van der Waals surface area contributed by atoms with Crippen molar-refractivity contribution >= 4 is 33.7 Å². The van der Waals surface area contributed by atoms with Gasteiger partial charge in [-0.1, -0.05) is 17.7 Å². The molecule has 0 bridgehead atoms. The fourth-order valence-corrected chi connectivity index (χ4v) is 2.96. The second-order valence-electron chi connectivity index (χ2n) is 6.22. The average molecular weight is 418 g/mol. The van der Waals surface area contributed by atoms with Crippen molar-refractivity contribution in [1.82, 2.24) is 0 Å². The maximum atomic E-state index is 12.2. The van der Waals surface area contributed by atoms with Gasteiger partial charge in [0.1, 0.15) is 5.75 Å². The summed E-state index contributed by atoms with van der Waals surface area (Å²) in [6.45, 7) is 3.31. The number of primary sulfonamides is 1. The van der Waals surface area contributed by atoms with E-state index in [-0.39, 0.29) is 10.6 Å². The van der Waals surface area contributed by atoms with Gasteiger partial charge >= 0.3 is 5.97 Å². The van der Waals surface area contributed by atoms with Crippen LogP contribution in [0.25, 0.3) is 6.08 Å². The fourth-order valence-electron chi connectivity index (χ4n) is 2.40. The Morgan fingerprint density at radius 2 is 1.90 bits per heavy atom. The summed E-state index contributed by atoms with van der Waals surface area (Å²) in [4.78, 5) is 24.1. The topological polar surface area (TPSA) is 125 Å². The number of hydrogen-bond donors (Lipinski definition) is 2. The number of nitrogens with one attached hydrogen (secondary N) is 1. The molecule has 0 saturated heterocycles. The molecule has 9 heteroatoms. The van der Waals surface area contributed by atoms with E-state index in [2.05, 4.69) is 5.32 Å². The molecule has 2 aromatic carbocycles. The highest BCUT2D eigenvalue weighted by Crippen LogP contribution is 2.21. The summed E-state index contributed by atoms with van der Waals surface area (Å²) in [5.41, 5.74) is 1.90. The second-order valence-corrected chi connectivity index (χ2v) is 7.78. The molecular formula is C20H22N2O6S. The van der Waals surface area contributed by atoms with Crippen LogP contribution in [0.3, 0.4) is 0 Å². The van der Waals surface area contributed by atoms with E-state index in [4.69, 9.17) is 14.6 Å². The zero-order chi connectivity index (χ0) is 21.6. The van der Waals surface area contributed by atoms with E-state index in [0.29, 0.717) is 11.3 Å². The van der Waals surface area contributed by atoms with E-state index in [1.54, 1.807) is 6.07 Å². The lowest BCUT2D eigenvalue weighted by molar-refractivity contribution is -0.148. The van der Waals surface area contributed by atoms with Gasteiger partial charge in [-0.25, -0.2) is 18.4 Å². The Kier molecular flexibility index (Phi) is 7.13. The van der Waals surface area contributed by atoms with E-state index in [1.165, 1.54) is 50.5 Å². The molecule has 3 N–H and O–H groups in total. The van der Waals surface area contributed by atoms with Gasteiger partial charge in [-0.15, -0.1) is 0 Å². The first-order chi connectivity index (χ1) is 13.6. The quantitative estimate of drug-likeness (QED) is 0.525. The molecule has 0 aliphatic heterocycles. The molecule has 0 aromatic heterocycles. The number of carbonyl (C=O) groups excluding carboxylic acids is 2. The van der Waals surface area contributed by atoms with Gasteiger partial charge < -0.3 is 14.8 Å². The molecule has 0 aliphatic rings. The first-order valence-electron chi connectivity index (χ1n) is 8.57. The Hall–Kier alpha value is -3.17. The summed E-state index contributed by atoms with van der Waals surface area (Å²) in [6, 6.07) is 11.0. The maximum Gasteiger partial charge on any atom is 0.331 e. The van der Waals surface area contributed by atoms with Crippen molar-refractivity contribution in [2.75, 3.05) is 12.4 Å². The van der Waals surface area contributed by atoms with Gasteiger partial charge in [0.25, 0.3) is 5.91 Å². The van der Waals surface area contributed by atoms with Crippen molar-refractivity contribution in [2.24, 2.45) is 5.14 Å². The third-order valence-electron chi connectivity index (χ3n) is 3.88. The number of esters is 1. The van der Waals surface area contributed by atoms with Gasteiger partial charge in [0.05, 0.1) is 12.0 Å². The number of benzene rings is 2. The molecule has 0 saturated carbocycles. The molecule has 0 aliphatic carbocycles. The van der Waals surface area contributed by atoms with Crippen LogP contribution in [-0.4, -0.2) is 33.5 Å². The number of aryl methyl sites for hydroxylation is 1. The molecular weight excluding hydrogens is 396 g/mol. The molecule has 1 atom stereocenters. The highest BCUT2D eigenvalue weighted by atomic mass is 32.2. The molecule has 0 fully saturated rings. The molecule has 154 valence electrons. The van der Waals surface area contributed by atoms with Gasteiger partial charge in [-0.2, -0.15) is 0 Å². The number of methoxy groups -OCH3 is 1. The van der Waals surface area contributed by atoms with Crippen LogP contribution in [-0.2, 0) is 24.3 Å². The minimum Gasteiger partial charge on any atom is -0.496 e. The monoisotopic (exact) mass is 418 g/mol. The molecule has 29 heavy (non-hydrogen) atoms. The molecule has 0 heterocycles. The van der Waals surface area contributed by atoms with Crippen molar-refractivity contribution < 1.29 is 27.5 Å². The van der Waals surface area contributed by atoms with Gasteiger partial charge in [0.2, 0.25) is 10.0 Å². The van der Waals surface area contributed by atoms with Crippen molar-refractivity contribution in [1.29, 1.82) is 0 Å². The Bertz CT molecular complexity index is 1050. The number of hydrogen-bond acceptors (Lipinski definition) is 6. The maximum absolute atomic E-state index is 12.2. The summed E-state index contributed by atoms with van der Waals surface area (Å²) in [5.74, 6) is -0.735. The summed E-state index contributed by atoms with van der Waals surface area (Å²) in [7, 11) is -2.37. The SMILES string of the molecule is COc1ccc(C)cc1/C=C/C(=O)O[C@@H](C)C(=O)Nc1cccc(S(N)(=O)=O)c1. The number of ether oxygens (including phenoxy) is 2. The van der Waals surface area contributed by atoms with Crippen molar-refractivity contribution in [3.05, 3.63) is 59.7 Å². The average Bonchev–Trinajstić information content (AvgIpc) is 2.66. The smallest absolute Gasteiger partial charge is 0.331 e. The van der Waals surface area contributed by atoms with Crippen LogP contribution >= 0.6 is 0 Å². The molecule has 1 amide bonds. The van der Waals surface area contributed by atoms with Crippen LogP contribution in [0.2, 0.25) is 0 Å². The minimum absolute atomic E-state index is 0.144. The summed E-state index contributed by atoms with van der Waals surface area (Å²) in [6.07, 6.45) is 1.63. The Balaban J connectivity index is 2.01. The van der Waals surface area contributed by atoms with Crippen LogP contribution in [0.5, 0.6) is 5.75 Å². The van der Waals surface area contributed by atoms with E-state index < -0.39 is 28.0 Å². The number of carbonyl (C=O) groups is 2. The summed E-state index contributed by atoms with van der Waals surface area (Å²) < 4.78 is 33.1. The van der Waals surface area contributed by atoms with Gasteiger partial charge in [-0.3, -0.25) is 4.79 Å². The van der Waals surface area contributed by atoms with Crippen LogP contribution in [0.1, 0.15) is 18.1 Å². The van der Waals surface area contributed by atoms with Gasteiger partial charge in [0, 0.05) is 17.3 Å². The third kappa shape index (κ3) is 6.44. The number of sulfonamides is 1. The Morgan fingerprint density at radius 1 is 1.17 bits per heavy atom. The Morgan fingerprint density at radius 3 is 2.55 bits per heavy atom. The van der Waals surface area contributed by atoms with E-state index in [0.717, 1.165) is 5.56 Å². The molecule has 0 spiro atoms. The van der Waals surface area contributed by atoms with Gasteiger partial charge in [0.15, 0.2) is 6.10 Å². The predicted octanol–water partition coefficient (Wildman–Crippen LogP) is 2.23. The lowest BCUT2D eigenvalue weighted by Crippen LogP contribution is -2.29. The second kappa shape index (κ2) is 9.35. The van der Waals surface area contributed by atoms with E-state index in [1.807, 2.05) is 19.1 Å². The predicted molar refractivity (Wildman–Crippen MR) is 109 cm³/mol. The molecule has 8 nitrogen and oxygen atoms in total. The van der Waals surface area contributed by atoms with Crippen LogP contribution in [0, 0.1) is 6.92 Å². The number of nitrogens with two attached hydrogens (primary N) is 1. The lowest BCUT2D eigenvalue weighted by atomic mass is 10.1. The highest BCUT2D eigenvalue weighted by Gasteiger charge is 2.17. The minimum atomic E-state index is -3.90. The number of amides is 1. The van der Waals surface area contributed by atoms with E-state index in [9.17, 15) is 18.0 Å². The number of anilines is 1. The fraction of sp³-hybridized carbons (Fsp3) is 0.200. The van der Waals surface area contributed by atoms with Crippen LogP contribution in [0.15, 0.2) is 53.4 Å². The zero-order valence-corrected chi connectivity index (χ0v) is 17.0.